The minimum Gasteiger partial charge on any atom is -0.459 e. The second-order valence-corrected chi connectivity index (χ2v) is 11.9. The van der Waals surface area contributed by atoms with E-state index in [2.05, 4.69) is 0 Å². The number of carbonyl (C=O) groups is 3. The lowest BCUT2D eigenvalue weighted by molar-refractivity contribution is -0.279. The molecule has 0 spiro atoms. The third-order valence-electron chi connectivity index (χ3n) is 7.05. The highest BCUT2D eigenvalue weighted by molar-refractivity contribution is 7.86. The van der Waals surface area contributed by atoms with Gasteiger partial charge in [-0.1, -0.05) is 72.3 Å². The average molecular weight is 647 g/mol. The fraction of sp³-hybridized carbons (Fsp3) is 0.206. The molecule has 1 heterocycles. The van der Waals surface area contributed by atoms with Crippen molar-refractivity contribution in [2.45, 2.75) is 42.5 Å². The molecule has 238 valence electrons. The highest BCUT2D eigenvalue weighted by Gasteiger charge is 2.53. The van der Waals surface area contributed by atoms with Crippen molar-refractivity contribution in [2.75, 3.05) is 6.61 Å². The molecule has 1 aliphatic rings. The molecule has 0 aromatic heterocycles. The summed E-state index contributed by atoms with van der Waals surface area (Å²) >= 11 is 0. The number of ether oxygens (including phenoxy) is 4. The van der Waals surface area contributed by atoms with E-state index in [0.29, 0.717) is 0 Å². The van der Waals surface area contributed by atoms with Crippen molar-refractivity contribution in [3.8, 4) is 0 Å². The summed E-state index contributed by atoms with van der Waals surface area (Å²) in [5.41, 5.74) is 1.18. The molecule has 12 heteroatoms. The van der Waals surface area contributed by atoms with Gasteiger partial charge in [0.15, 0.2) is 18.5 Å². The number of esters is 3. The number of hydrogen-bond donors (Lipinski definition) is 1. The molecule has 1 aliphatic heterocycles. The molecule has 1 fully saturated rings. The smallest absolute Gasteiger partial charge is 0.338 e. The maximum atomic E-state index is 13.6. The molecule has 46 heavy (non-hydrogen) atoms. The standard InChI is InChI=1S/C34H30O11S/c1-22-17-19-26(20-18-22)46(39,40)45-28-27(21-41-31(35)23-11-5-2-6-12-23)42-34(38)30(44-33(37)25-15-9-4-10-16-25)29(28)43-32(36)24-13-7-3-8-14-24/h2-20,27-30,34,38H,21H2,1H3/t27-,28-,29+,30-,34+/m1/s1. The van der Waals surface area contributed by atoms with E-state index in [9.17, 15) is 27.9 Å². The topological polar surface area (TPSA) is 152 Å². The van der Waals surface area contributed by atoms with Gasteiger partial charge in [-0.3, -0.25) is 4.18 Å². The van der Waals surface area contributed by atoms with Crippen LogP contribution < -0.4 is 0 Å². The number of aryl methyl sites for hydroxylation is 1. The number of carbonyl (C=O) groups excluding carboxylic acids is 3. The minimum atomic E-state index is -4.59. The molecule has 5 atom stereocenters. The first-order valence-corrected chi connectivity index (χ1v) is 15.6. The van der Waals surface area contributed by atoms with Crippen molar-refractivity contribution in [3.05, 3.63) is 138 Å². The zero-order chi connectivity index (χ0) is 32.7. The first kappa shape index (κ1) is 32.5. The Hall–Kier alpha value is -4.88. The van der Waals surface area contributed by atoms with E-state index in [-0.39, 0.29) is 21.6 Å². The number of benzene rings is 4. The van der Waals surface area contributed by atoms with Crippen molar-refractivity contribution >= 4 is 28.0 Å². The summed E-state index contributed by atoms with van der Waals surface area (Å²) in [4.78, 5) is 39.0. The van der Waals surface area contributed by atoms with Gasteiger partial charge in [0.05, 0.1) is 21.6 Å². The SMILES string of the molecule is Cc1ccc(S(=O)(=O)O[C@H]2[C@H](OC(=O)c3ccccc3)[C@@H](OC(=O)c3ccccc3)[C@@H](O)O[C@@H]2COC(=O)c2ccccc2)cc1. The summed E-state index contributed by atoms with van der Waals surface area (Å²) in [6.07, 6.45) is -8.75. The lowest BCUT2D eigenvalue weighted by Crippen LogP contribution is -2.62. The summed E-state index contributed by atoms with van der Waals surface area (Å²) in [5, 5.41) is 11.1. The Kier molecular flexibility index (Phi) is 10.2. The van der Waals surface area contributed by atoms with E-state index in [4.69, 9.17) is 23.1 Å². The molecule has 1 N–H and O–H groups in total. The Morgan fingerprint density at radius 2 is 1.11 bits per heavy atom. The molecule has 0 unspecified atom stereocenters. The van der Waals surface area contributed by atoms with Crippen LogP contribution in [0.4, 0.5) is 0 Å². The molecular weight excluding hydrogens is 616 g/mol. The van der Waals surface area contributed by atoms with Gasteiger partial charge >= 0.3 is 17.9 Å². The fourth-order valence-corrected chi connectivity index (χ4v) is 5.77. The molecule has 0 radical (unpaired) electrons. The van der Waals surface area contributed by atoms with Gasteiger partial charge < -0.3 is 24.1 Å². The van der Waals surface area contributed by atoms with Gasteiger partial charge in [0.1, 0.15) is 18.8 Å². The van der Waals surface area contributed by atoms with E-state index in [0.717, 1.165) is 5.56 Å². The van der Waals surface area contributed by atoms with Crippen LogP contribution in [0.1, 0.15) is 36.6 Å². The van der Waals surface area contributed by atoms with Gasteiger partial charge in [-0.15, -0.1) is 0 Å². The maximum Gasteiger partial charge on any atom is 0.338 e. The van der Waals surface area contributed by atoms with E-state index in [1.165, 1.54) is 48.5 Å². The molecule has 0 amide bonds. The van der Waals surface area contributed by atoms with E-state index in [1.807, 2.05) is 0 Å². The second kappa shape index (κ2) is 14.5. The number of hydrogen-bond acceptors (Lipinski definition) is 11. The van der Waals surface area contributed by atoms with Gasteiger partial charge in [0, 0.05) is 0 Å². The Balaban J connectivity index is 1.52. The second-order valence-electron chi connectivity index (χ2n) is 10.3. The number of aliphatic hydroxyl groups is 1. The predicted octanol–water partition coefficient (Wildman–Crippen LogP) is 4.09. The normalized spacial score (nSPS) is 21.1. The van der Waals surface area contributed by atoms with Crippen LogP contribution in [0.5, 0.6) is 0 Å². The Morgan fingerprint density at radius 1 is 0.652 bits per heavy atom. The third kappa shape index (κ3) is 7.85. The highest BCUT2D eigenvalue weighted by atomic mass is 32.2. The lowest BCUT2D eigenvalue weighted by Gasteiger charge is -2.42. The van der Waals surface area contributed by atoms with Gasteiger partial charge in [-0.2, -0.15) is 8.42 Å². The van der Waals surface area contributed by atoms with Crippen molar-refractivity contribution in [3.63, 3.8) is 0 Å². The molecule has 0 bridgehead atoms. The van der Waals surface area contributed by atoms with Crippen LogP contribution in [0, 0.1) is 6.92 Å². The van der Waals surface area contributed by atoms with Crippen molar-refractivity contribution in [1.82, 2.24) is 0 Å². The van der Waals surface area contributed by atoms with Crippen LogP contribution in [0.2, 0.25) is 0 Å². The summed E-state index contributed by atoms with van der Waals surface area (Å²) in [5.74, 6) is -2.61. The van der Waals surface area contributed by atoms with E-state index in [1.54, 1.807) is 73.7 Å². The van der Waals surface area contributed by atoms with Crippen LogP contribution in [0.3, 0.4) is 0 Å². The van der Waals surface area contributed by atoms with Crippen molar-refractivity contribution < 1.29 is 51.0 Å². The molecule has 4 aromatic carbocycles. The van der Waals surface area contributed by atoms with Crippen LogP contribution in [0.15, 0.2) is 120 Å². The summed E-state index contributed by atoms with van der Waals surface area (Å²) < 4.78 is 55.2. The van der Waals surface area contributed by atoms with E-state index < -0.39 is 65.3 Å². The molecule has 0 aliphatic carbocycles. The quantitative estimate of drug-likeness (QED) is 0.151. The Morgan fingerprint density at radius 3 is 1.61 bits per heavy atom. The van der Waals surface area contributed by atoms with Crippen molar-refractivity contribution in [1.29, 1.82) is 0 Å². The summed E-state index contributed by atoms with van der Waals surface area (Å²) in [7, 11) is -4.59. The number of rotatable bonds is 10. The number of aliphatic hydroxyl groups excluding tert-OH is 1. The zero-order valence-corrected chi connectivity index (χ0v) is 25.3. The minimum absolute atomic E-state index is 0.0869. The fourth-order valence-electron chi connectivity index (χ4n) is 4.66. The molecule has 11 nitrogen and oxygen atoms in total. The first-order chi connectivity index (χ1) is 22.1. The molecular formula is C34H30O11S. The van der Waals surface area contributed by atoms with Crippen LogP contribution in [-0.2, 0) is 33.2 Å². The van der Waals surface area contributed by atoms with Crippen molar-refractivity contribution in [2.24, 2.45) is 0 Å². The van der Waals surface area contributed by atoms with Gasteiger partial charge in [-0.05, 0) is 55.5 Å². The van der Waals surface area contributed by atoms with Crippen LogP contribution in [-0.4, -0.2) is 68.7 Å². The van der Waals surface area contributed by atoms with Crippen LogP contribution in [0.25, 0.3) is 0 Å². The molecule has 4 aromatic rings. The van der Waals surface area contributed by atoms with Gasteiger partial charge in [0.2, 0.25) is 0 Å². The average Bonchev–Trinajstić information content (AvgIpc) is 3.07. The monoisotopic (exact) mass is 646 g/mol. The predicted molar refractivity (Wildman–Crippen MR) is 162 cm³/mol. The third-order valence-corrected chi connectivity index (χ3v) is 8.38. The van der Waals surface area contributed by atoms with Crippen LogP contribution >= 0.6 is 0 Å². The Bertz CT molecular complexity index is 1750. The largest absolute Gasteiger partial charge is 0.459 e. The van der Waals surface area contributed by atoms with Gasteiger partial charge in [0.25, 0.3) is 10.1 Å². The molecule has 5 rings (SSSR count). The van der Waals surface area contributed by atoms with Gasteiger partial charge in [-0.25, -0.2) is 14.4 Å². The van der Waals surface area contributed by atoms with E-state index >= 15 is 0 Å². The molecule has 0 saturated carbocycles. The maximum absolute atomic E-state index is 13.6. The first-order valence-electron chi connectivity index (χ1n) is 14.2. The molecule has 1 saturated heterocycles. The highest BCUT2D eigenvalue weighted by Crippen LogP contribution is 2.32. The summed E-state index contributed by atoms with van der Waals surface area (Å²) in [6.45, 7) is 1.15. The lowest BCUT2D eigenvalue weighted by atomic mass is 9.98. The zero-order valence-electron chi connectivity index (χ0n) is 24.5. The summed E-state index contributed by atoms with van der Waals surface area (Å²) in [6, 6.07) is 29.3. The Labute approximate surface area is 265 Å².